The Morgan fingerprint density at radius 2 is 1.08 bits per heavy atom. The van der Waals surface area contributed by atoms with Gasteiger partial charge in [-0.2, -0.15) is 0 Å². The van der Waals surface area contributed by atoms with Gasteiger partial charge in [0, 0.05) is 19.6 Å². The quantitative estimate of drug-likeness (QED) is 0.0885. The van der Waals surface area contributed by atoms with Crippen molar-refractivity contribution in [3.8, 4) is 0 Å². The van der Waals surface area contributed by atoms with E-state index in [1.54, 1.807) is 0 Å². The molecule has 6 nitrogen and oxygen atoms in total. The number of unbranched alkanes of at least 4 members (excludes halogenated alkanes) is 15. The summed E-state index contributed by atoms with van der Waals surface area (Å²) in [6.07, 6.45) is 22.7. The van der Waals surface area contributed by atoms with E-state index in [-0.39, 0.29) is 18.3 Å². The third-order valence-electron chi connectivity index (χ3n) is 7.29. The summed E-state index contributed by atoms with van der Waals surface area (Å²) in [6.45, 7) is 12.7. The van der Waals surface area contributed by atoms with E-state index < -0.39 is 5.60 Å². The summed E-state index contributed by atoms with van der Waals surface area (Å²) in [6, 6.07) is 0. The van der Waals surface area contributed by atoms with Gasteiger partial charge in [0.2, 0.25) is 0 Å². The molecule has 0 bridgehead atoms. The van der Waals surface area contributed by atoms with Crippen molar-refractivity contribution >= 4 is 6.09 Å². The fourth-order valence-corrected chi connectivity index (χ4v) is 5.03. The van der Waals surface area contributed by atoms with Crippen LogP contribution in [-0.2, 0) is 4.74 Å². The maximum absolute atomic E-state index is 11.9. The molecule has 0 heterocycles. The number of aliphatic hydroxyl groups is 2. The summed E-state index contributed by atoms with van der Waals surface area (Å²) >= 11 is 0. The van der Waals surface area contributed by atoms with Crippen LogP contribution in [-0.4, -0.2) is 65.2 Å². The number of aliphatic hydroxyl groups excluding tert-OH is 2. The van der Waals surface area contributed by atoms with Crippen LogP contribution in [0.2, 0.25) is 0 Å². The van der Waals surface area contributed by atoms with E-state index in [1.165, 1.54) is 89.9 Å². The second-order valence-electron chi connectivity index (χ2n) is 12.7. The molecule has 1 amide bonds. The van der Waals surface area contributed by atoms with E-state index in [9.17, 15) is 15.0 Å². The lowest BCUT2D eigenvalue weighted by Gasteiger charge is -2.27. The first-order valence-electron chi connectivity index (χ1n) is 16.7. The molecule has 2 atom stereocenters. The smallest absolute Gasteiger partial charge is 0.407 e. The van der Waals surface area contributed by atoms with Gasteiger partial charge in [0.15, 0.2) is 0 Å². The Labute approximate surface area is 243 Å². The first kappa shape index (κ1) is 38.1. The molecule has 2 unspecified atom stereocenters. The first-order valence-corrected chi connectivity index (χ1v) is 16.7. The first-order chi connectivity index (χ1) is 18.7. The second kappa shape index (κ2) is 26.1. The molecular formula is C33H68N2O4. The van der Waals surface area contributed by atoms with Gasteiger partial charge in [0.25, 0.3) is 0 Å². The van der Waals surface area contributed by atoms with Crippen molar-refractivity contribution in [2.45, 2.75) is 181 Å². The van der Waals surface area contributed by atoms with E-state index in [0.717, 1.165) is 45.1 Å². The zero-order valence-corrected chi connectivity index (χ0v) is 26.8. The standard InChI is InChI=1S/C33H68N2O4/c1-6-8-10-12-14-16-18-20-24-30(36)28-35(27-23-22-26-34-32(38)39-33(3,4)5)29-31(37)25-21-19-17-15-13-11-9-7-2/h30-31,36-37H,6-29H2,1-5H3,(H,34,38). The topological polar surface area (TPSA) is 82.0 Å². The maximum atomic E-state index is 11.9. The molecule has 39 heavy (non-hydrogen) atoms. The van der Waals surface area contributed by atoms with Crippen molar-refractivity contribution in [2.75, 3.05) is 26.2 Å². The summed E-state index contributed by atoms with van der Waals surface area (Å²) in [7, 11) is 0. The molecule has 0 spiro atoms. The highest BCUT2D eigenvalue weighted by molar-refractivity contribution is 5.67. The molecule has 0 aromatic rings. The Morgan fingerprint density at radius 1 is 0.667 bits per heavy atom. The Kier molecular flexibility index (Phi) is 25.5. The molecule has 0 saturated carbocycles. The van der Waals surface area contributed by atoms with Crippen molar-refractivity contribution in [3.63, 3.8) is 0 Å². The number of carbonyl (C=O) groups is 1. The molecule has 0 aromatic carbocycles. The molecule has 0 saturated heterocycles. The zero-order valence-electron chi connectivity index (χ0n) is 26.8. The van der Waals surface area contributed by atoms with Gasteiger partial charge in [-0.3, -0.25) is 4.90 Å². The van der Waals surface area contributed by atoms with Gasteiger partial charge in [-0.1, -0.05) is 117 Å². The van der Waals surface area contributed by atoms with E-state index >= 15 is 0 Å². The molecule has 3 N–H and O–H groups in total. The number of ether oxygens (including phenoxy) is 1. The number of nitrogens with zero attached hydrogens (tertiary/aromatic N) is 1. The lowest BCUT2D eigenvalue weighted by Crippen LogP contribution is -2.39. The van der Waals surface area contributed by atoms with Crippen molar-refractivity contribution in [3.05, 3.63) is 0 Å². The number of alkyl carbamates (subject to hydrolysis) is 1. The van der Waals surface area contributed by atoms with E-state index in [1.807, 2.05) is 20.8 Å². The Hall–Kier alpha value is -0.850. The summed E-state index contributed by atoms with van der Waals surface area (Å²) < 4.78 is 5.30. The molecule has 234 valence electrons. The lowest BCUT2D eigenvalue weighted by molar-refractivity contribution is 0.0523. The predicted molar refractivity (Wildman–Crippen MR) is 166 cm³/mol. The summed E-state index contributed by atoms with van der Waals surface area (Å²) in [5, 5.41) is 24.3. The van der Waals surface area contributed by atoms with Gasteiger partial charge in [0.1, 0.15) is 5.60 Å². The van der Waals surface area contributed by atoms with E-state index in [0.29, 0.717) is 19.6 Å². The van der Waals surface area contributed by atoms with Gasteiger partial charge in [-0.05, 0) is 53.0 Å². The Balaban J connectivity index is 4.35. The average Bonchev–Trinajstić information content (AvgIpc) is 2.85. The van der Waals surface area contributed by atoms with Crippen LogP contribution < -0.4 is 5.32 Å². The molecule has 0 fully saturated rings. The fourth-order valence-electron chi connectivity index (χ4n) is 5.03. The van der Waals surface area contributed by atoms with Crippen LogP contribution in [0.5, 0.6) is 0 Å². The highest BCUT2D eigenvalue weighted by atomic mass is 16.6. The van der Waals surface area contributed by atoms with Gasteiger partial charge in [0.05, 0.1) is 12.2 Å². The maximum Gasteiger partial charge on any atom is 0.407 e. The van der Waals surface area contributed by atoms with Gasteiger partial charge in [-0.15, -0.1) is 0 Å². The second-order valence-corrected chi connectivity index (χ2v) is 12.7. The summed E-state index contributed by atoms with van der Waals surface area (Å²) in [5.74, 6) is 0. The number of rotatable bonds is 27. The monoisotopic (exact) mass is 557 g/mol. The molecule has 0 rings (SSSR count). The predicted octanol–water partition coefficient (Wildman–Crippen LogP) is 8.38. The normalized spacial score (nSPS) is 13.5. The minimum absolute atomic E-state index is 0.347. The van der Waals surface area contributed by atoms with Gasteiger partial charge >= 0.3 is 6.09 Å². The highest BCUT2D eigenvalue weighted by Gasteiger charge is 2.17. The highest BCUT2D eigenvalue weighted by Crippen LogP contribution is 2.14. The minimum Gasteiger partial charge on any atom is -0.444 e. The van der Waals surface area contributed by atoms with Crippen molar-refractivity contribution in [1.29, 1.82) is 0 Å². The van der Waals surface area contributed by atoms with Gasteiger partial charge < -0.3 is 20.3 Å². The van der Waals surface area contributed by atoms with Crippen LogP contribution in [0.15, 0.2) is 0 Å². The van der Waals surface area contributed by atoms with Crippen LogP contribution in [0.25, 0.3) is 0 Å². The van der Waals surface area contributed by atoms with E-state index in [2.05, 4.69) is 24.1 Å². The van der Waals surface area contributed by atoms with Crippen LogP contribution in [0.4, 0.5) is 4.79 Å². The molecule has 0 aliphatic rings. The molecule has 0 aliphatic heterocycles. The zero-order chi connectivity index (χ0) is 29.2. The number of hydrogen-bond donors (Lipinski definition) is 3. The fraction of sp³-hybridized carbons (Fsp3) is 0.970. The van der Waals surface area contributed by atoms with Crippen LogP contribution in [0.1, 0.15) is 163 Å². The molecular weight excluding hydrogens is 488 g/mol. The number of hydrogen-bond acceptors (Lipinski definition) is 5. The summed E-state index contributed by atoms with van der Waals surface area (Å²) in [5.41, 5.74) is -0.489. The third-order valence-corrected chi connectivity index (χ3v) is 7.29. The molecule has 0 aromatic heterocycles. The SMILES string of the molecule is CCCCCCCCCCC(O)CN(CCCCNC(=O)OC(C)(C)C)CC(O)CCCCCCCCCC. The Morgan fingerprint density at radius 3 is 1.49 bits per heavy atom. The van der Waals surface area contributed by atoms with Crippen molar-refractivity contribution in [2.24, 2.45) is 0 Å². The average molecular weight is 557 g/mol. The molecule has 6 heteroatoms. The van der Waals surface area contributed by atoms with Crippen LogP contribution >= 0.6 is 0 Å². The number of amides is 1. The van der Waals surface area contributed by atoms with Crippen LogP contribution in [0, 0.1) is 0 Å². The number of nitrogens with one attached hydrogen (secondary N) is 1. The molecule has 0 radical (unpaired) electrons. The van der Waals surface area contributed by atoms with Crippen molar-refractivity contribution in [1.82, 2.24) is 10.2 Å². The third kappa shape index (κ3) is 28.5. The Bertz CT molecular complexity index is 510. The lowest BCUT2D eigenvalue weighted by atomic mass is 10.0. The van der Waals surface area contributed by atoms with Crippen LogP contribution in [0.3, 0.4) is 0 Å². The number of carbonyl (C=O) groups excluding carboxylic acids is 1. The van der Waals surface area contributed by atoms with Gasteiger partial charge in [-0.25, -0.2) is 4.79 Å². The molecule has 0 aliphatic carbocycles. The minimum atomic E-state index is -0.489. The van der Waals surface area contributed by atoms with E-state index in [4.69, 9.17) is 4.74 Å². The van der Waals surface area contributed by atoms with Crippen molar-refractivity contribution < 1.29 is 19.7 Å². The largest absolute Gasteiger partial charge is 0.444 e. The summed E-state index contributed by atoms with van der Waals surface area (Å²) in [4.78, 5) is 14.1.